The summed E-state index contributed by atoms with van der Waals surface area (Å²) in [4.78, 5) is 0. The van der Waals surface area contributed by atoms with Gasteiger partial charge in [0.1, 0.15) is 0 Å². The molecule has 84 valence electrons. The van der Waals surface area contributed by atoms with Gasteiger partial charge >= 0.3 is 0 Å². The lowest BCUT2D eigenvalue weighted by Crippen LogP contribution is -1.84. The van der Waals surface area contributed by atoms with Crippen molar-refractivity contribution in [2.75, 3.05) is 0 Å². The van der Waals surface area contributed by atoms with E-state index in [4.69, 9.17) is 5.26 Å². The molecule has 18 heavy (non-hydrogen) atoms. The molecule has 0 unspecified atom stereocenters. The topological polar surface area (TPSA) is 23.8 Å². The Morgan fingerprint density at radius 3 is 2.28 bits per heavy atom. The minimum absolute atomic E-state index is 0.701. The lowest BCUT2D eigenvalue weighted by Gasteiger charge is -2.07. The first kappa shape index (κ1) is 10.6. The zero-order chi connectivity index (χ0) is 12.4. The maximum absolute atomic E-state index is 9.12. The van der Waals surface area contributed by atoms with E-state index in [1.54, 1.807) is 0 Å². The molecule has 0 fully saturated rings. The molecule has 3 aromatic rings. The van der Waals surface area contributed by atoms with Crippen LogP contribution in [0, 0.1) is 11.3 Å². The summed E-state index contributed by atoms with van der Waals surface area (Å²) in [6, 6.07) is 24.5. The maximum Gasteiger partial charge on any atom is 0.0992 e. The Labute approximate surface area is 106 Å². The first-order valence-corrected chi connectivity index (χ1v) is 5.87. The molecule has 1 heteroatoms. The second-order valence-corrected chi connectivity index (χ2v) is 4.22. The molecule has 0 bridgehead atoms. The largest absolute Gasteiger partial charge is 0.192 e. The Hall–Kier alpha value is -2.59. The molecule has 0 aliphatic rings. The Morgan fingerprint density at radius 1 is 0.778 bits per heavy atom. The molecule has 0 radical (unpaired) electrons. The van der Waals surface area contributed by atoms with Crippen LogP contribution in [0.15, 0.2) is 66.7 Å². The molecular formula is C17H11N. The standard InChI is InChI=1S/C17H11N/c18-12-13-10-15-8-4-5-9-16(15)17(11-13)14-6-2-1-3-7-14/h1-11H. The third kappa shape index (κ3) is 1.74. The van der Waals surface area contributed by atoms with Crippen molar-refractivity contribution in [1.82, 2.24) is 0 Å². The number of rotatable bonds is 1. The van der Waals surface area contributed by atoms with Crippen molar-refractivity contribution in [2.24, 2.45) is 0 Å². The van der Waals surface area contributed by atoms with Crippen LogP contribution in [0.4, 0.5) is 0 Å². The van der Waals surface area contributed by atoms with E-state index in [9.17, 15) is 0 Å². The number of nitrogens with zero attached hydrogens (tertiary/aromatic N) is 1. The van der Waals surface area contributed by atoms with Crippen molar-refractivity contribution in [3.05, 3.63) is 72.3 Å². The number of benzene rings is 3. The summed E-state index contributed by atoms with van der Waals surface area (Å²) in [6.45, 7) is 0. The average molecular weight is 229 g/mol. The summed E-state index contributed by atoms with van der Waals surface area (Å²) in [7, 11) is 0. The van der Waals surface area contributed by atoms with Gasteiger partial charge in [-0.2, -0.15) is 5.26 Å². The third-order valence-corrected chi connectivity index (χ3v) is 3.08. The molecule has 0 aliphatic heterocycles. The van der Waals surface area contributed by atoms with E-state index in [2.05, 4.69) is 24.3 Å². The van der Waals surface area contributed by atoms with Crippen LogP contribution in [0.25, 0.3) is 21.9 Å². The zero-order valence-electron chi connectivity index (χ0n) is 9.80. The van der Waals surface area contributed by atoms with E-state index in [1.165, 1.54) is 5.39 Å². The Morgan fingerprint density at radius 2 is 1.50 bits per heavy atom. The molecule has 0 aromatic heterocycles. The van der Waals surface area contributed by atoms with Gasteiger partial charge in [0, 0.05) is 0 Å². The molecule has 0 heterocycles. The van der Waals surface area contributed by atoms with Crippen LogP contribution in [0.2, 0.25) is 0 Å². The molecule has 0 aliphatic carbocycles. The quantitative estimate of drug-likeness (QED) is 0.607. The highest BCUT2D eigenvalue weighted by atomic mass is 14.2. The highest BCUT2D eigenvalue weighted by Gasteiger charge is 2.05. The molecule has 3 aromatic carbocycles. The number of hydrogen-bond acceptors (Lipinski definition) is 1. The summed E-state index contributed by atoms with van der Waals surface area (Å²) in [6.07, 6.45) is 0. The van der Waals surface area contributed by atoms with Crippen molar-refractivity contribution in [2.45, 2.75) is 0 Å². The van der Waals surface area contributed by atoms with Crippen LogP contribution in [-0.2, 0) is 0 Å². The summed E-state index contributed by atoms with van der Waals surface area (Å²) >= 11 is 0. The third-order valence-electron chi connectivity index (χ3n) is 3.08. The first-order valence-electron chi connectivity index (χ1n) is 5.87. The fourth-order valence-electron chi connectivity index (χ4n) is 2.23. The zero-order valence-corrected chi connectivity index (χ0v) is 9.80. The van der Waals surface area contributed by atoms with Gasteiger partial charge in [0.15, 0.2) is 0 Å². The average Bonchev–Trinajstić information content (AvgIpc) is 2.47. The van der Waals surface area contributed by atoms with Crippen molar-refractivity contribution in [3.63, 3.8) is 0 Å². The van der Waals surface area contributed by atoms with Gasteiger partial charge in [-0.3, -0.25) is 0 Å². The lowest BCUT2D eigenvalue weighted by molar-refractivity contribution is 1.49. The van der Waals surface area contributed by atoms with Crippen molar-refractivity contribution >= 4 is 10.8 Å². The van der Waals surface area contributed by atoms with E-state index in [1.807, 2.05) is 48.5 Å². The van der Waals surface area contributed by atoms with Crippen LogP contribution in [0.1, 0.15) is 5.56 Å². The lowest BCUT2D eigenvalue weighted by atomic mass is 9.96. The predicted octanol–water partition coefficient (Wildman–Crippen LogP) is 4.38. The van der Waals surface area contributed by atoms with Crippen LogP contribution in [-0.4, -0.2) is 0 Å². The van der Waals surface area contributed by atoms with Gasteiger partial charge in [-0.1, -0.05) is 54.6 Å². The highest BCUT2D eigenvalue weighted by molar-refractivity contribution is 5.97. The molecule has 3 rings (SSSR count). The molecule has 0 atom stereocenters. The Bertz CT molecular complexity index is 736. The van der Waals surface area contributed by atoms with Gasteiger partial charge in [0.2, 0.25) is 0 Å². The monoisotopic (exact) mass is 229 g/mol. The Kier molecular flexibility index (Phi) is 2.55. The smallest absolute Gasteiger partial charge is 0.0992 e. The van der Waals surface area contributed by atoms with Gasteiger partial charge < -0.3 is 0 Å². The van der Waals surface area contributed by atoms with Gasteiger partial charge in [-0.05, 0) is 34.0 Å². The predicted molar refractivity (Wildman–Crippen MR) is 74.1 cm³/mol. The molecule has 1 nitrogen and oxygen atoms in total. The fourth-order valence-corrected chi connectivity index (χ4v) is 2.23. The van der Waals surface area contributed by atoms with Crippen molar-refractivity contribution in [1.29, 1.82) is 5.26 Å². The van der Waals surface area contributed by atoms with Crippen LogP contribution >= 0.6 is 0 Å². The van der Waals surface area contributed by atoms with Crippen molar-refractivity contribution < 1.29 is 0 Å². The maximum atomic E-state index is 9.12. The molecule has 0 saturated heterocycles. The second kappa shape index (κ2) is 4.35. The Balaban J connectivity index is 2.38. The SMILES string of the molecule is N#Cc1cc(-c2ccccc2)c2ccccc2c1. The molecular weight excluding hydrogens is 218 g/mol. The number of fused-ring (bicyclic) bond motifs is 1. The van der Waals surface area contributed by atoms with Crippen LogP contribution < -0.4 is 0 Å². The van der Waals surface area contributed by atoms with Crippen LogP contribution in [0.3, 0.4) is 0 Å². The molecule has 0 N–H and O–H groups in total. The minimum atomic E-state index is 0.701. The summed E-state index contributed by atoms with van der Waals surface area (Å²) < 4.78 is 0. The number of nitriles is 1. The summed E-state index contributed by atoms with van der Waals surface area (Å²) in [5.74, 6) is 0. The van der Waals surface area contributed by atoms with Crippen LogP contribution in [0.5, 0.6) is 0 Å². The molecule has 0 saturated carbocycles. The van der Waals surface area contributed by atoms with E-state index in [-0.39, 0.29) is 0 Å². The summed E-state index contributed by atoms with van der Waals surface area (Å²) in [5, 5.41) is 11.4. The second-order valence-electron chi connectivity index (χ2n) is 4.22. The summed E-state index contributed by atoms with van der Waals surface area (Å²) in [5.41, 5.74) is 2.96. The van der Waals surface area contributed by atoms with Crippen molar-refractivity contribution in [3.8, 4) is 17.2 Å². The van der Waals surface area contributed by atoms with E-state index >= 15 is 0 Å². The minimum Gasteiger partial charge on any atom is -0.192 e. The van der Waals surface area contributed by atoms with E-state index in [0.717, 1.165) is 16.5 Å². The molecule has 0 spiro atoms. The normalized spacial score (nSPS) is 10.2. The highest BCUT2D eigenvalue weighted by Crippen LogP contribution is 2.29. The van der Waals surface area contributed by atoms with Gasteiger partial charge in [0.05, 0.1) is 11.6 Å². The fraction of sp³-hybridized carbons (Fsp3) is 0. The van der Waals surface area contributed by atoms with Gasteiger partial charge in [-0.25, -0.2) is 0 Å². The number of hydrogen-bond donors (Lipinski definition) is 0. The van der Waals surface area contributed by atoms with E-state index in [0.29, 0.717) is 5.56 Å². The van der Waals surface area contributed by atoms with Gasteiger partial charge in [-0.15, -0.1) is 0 Å². The molecule has 0 amide bonds. The van der Waals surface area contributed by atoms with Gasteiger partial charge in [0.25, 0.3) is 0 Å². The first-order chi connectivity index (χ1) is 8.88. The van der Waals surface area contributed by atoms with E-state index < -0.39 is 0 Å².